The molecule has 0 N–H and O–H groups in total. The number of isocyanates is 1. The molecule has 0 aromatic heterocycles. The zero-order valence-electron chi connectivity index (χ0n) is 5.88. The summed E-state index contributed by atoms with van der Waals surface area (Å²) >= 11 is 0. The van der Waals surface area contributed by atoms with Crippen LogP contribution in [0.5, 0.6) is 0 Å². The quantitative estimate of drug-likeness (QED) is 0.384. The molecule has 0 amide bonds. The van der Waals surface area contributed by atoms with Crippen molar-refractivity contribution in [1.29, 1.82) is 0 Å². The first-order valence-corrected chi connectivity index (χ1v) is 2.77. The van der Waals surface area contributed by atoms with Gasteiger partial charge in [-0.2, -0.15) is 4.99 Å². The lowest BCUT2D eigenvalue weighted by Gasteiger charge is -2.16. The van der Waals surface area contributed by atoms with Crippen molar-refractivity contribution in [3.05, 3.63) is 0 Å². The number of carboxylic acid groups (broad SMARTS) is 1. The molecule has 0 aliphatic rings. The van der Waals surface area contributed by atoms with E-state index in [1.807, 2.05) is 0 Å². The number of hydrogen-bond acceptors (Lipinski definition) is 4. The molecule has 0 aromatic carbocycles. The first-order chi connectivity index (χ1) is 4.48. The number of carbonyl (C=O) groups excluding carboxylic acids is 2. The highest BCUT2D eigenvalue weighted by atomic mass is 16.4. The van der Waals surface area contributed by atoms with Crippen molar-refractivity contribution in [2.24, 2.45) is 4.99 Å². The lowest BCUT2D eigenvalue weighted by molar-refractivity contribution is -0.306. The van der Waals surface area contributed by atoms with E-state index < -0.39 is 11.5 Å². The van der Waals surface area contributed by atoms with Gasteiger partial charge in [0.05, 0.1) is 5.54 Å². The topological polar surface area (TPSA) is 69.6 Å². The molecule has 0 aliphatic carbocycles. The third-order valence-electron chi connectivity index (χ3n) is 0.925. The Hall–Kier alpha value is -1.15. The van der Waals surface area contributed by atoms with Crippen molar-refractivity contribution in [3.8, 4) is 0 Å². The van der Waals surface area contributed by atoms with Crippen molar-refractivity contribution >= 4 is 12.0 Å². The fourth-order valence-electron chi connectivity index (χ4n) is 0.516. The second kappa shape index (κ2) is 3.13. The minimum Gasteiger partial charge on any atom is -0.550 e. The van der Waals surface area contributed by atoms with Gasteiger partial charge in [0, 0.05) is 12.4 Å². The highest BCUT2D eigenvalue weighted by Gasteiger charge is 2.15. The Morgan fingerprint density at radius 1 is 1.70 bits per heavy atom. The lowest BCUT2D eigenvalue weighted by atomic mass is 10.0. The summed E-state index contributed by atoms with van der Waals surface area (Å²) in [5.74, 6) is -1.22. The Bertz CT molecular complexity index is 179. The Labute approximate surface area is 58.6 Å². The molecule has 0 aliphatic heterocycles. The van der Waals surface area contributed by atoms with E-state index in [9.17, 15) is 14.7 Å². The van der Waals surface area contributed by atoms with Gasteiger partial charge in [0.25, 0.3) is 0 Å². The standard InChI is InChI=1S/C6H9NO3/c1-6(2,7-4-8)3-5(9)10/h3H2,1-2H3,(H,9,10)/p-1. The summed E-state index contributed by atoms with van der Waals surface area (Å²) in [4.78, 5) is 23.0. The van der Waals surface area contributed by atoms with Crippen LogP contribution < -0.4 is 5.11 Å². The lowest BCUT2D eigenvalue weighted by Crippen LogP contribution is -2.31. The fourth-order valence-corrected chi connectivity index (χ4v) is 0.516. The molecule has 0 bridgehead atoms. The maximum absolute atomic E-state index is 9.99. The maximum Gasteiger partial charge on any atom is 0.235 e. The first kappa shape index (κ1) is 8.85. The SMILES string of the molecule is CC(C)(CC(=O)[O-])N=C=O. The van der Waals surface area contributed by atoms with Crippen molar-refractivity contribution in [3.63, 3.8) is 0 Å². The van der Waals surface area contributed by atoms with Crippen molar-refractivity contribution in [2.45, 2.75) is 25.8 Å². The number of rotatable bonds is 3. The summed E-state index contributed by atoms with van der Waals surface area (Å²) in [6.45, 7) is 3.04. The summed E-state index contributed by atoms with van der Waals surface area (Å²) in [5.41, 5.74) is -0.888. The molecule has 0 rings (SSSR count). The maximum atomic E-state index is 9.99. The second-order valence-electron chi connectivity index (χ2n) is 2.56. The average molecular weight is 142 g/mol. The molecule has 0 spiro atoms. The van der Waals surface area contributed by atoms with Gasteiger partial charge in [-0.1, -0.05) is 0 Å². The molecule has 0 saturated carbocycles. The predicted octanol–water partition coefficient (Wildman–Crippen LogP) is -0.759. The van der Waals surface area contributed by atoms with Gasteiger partial charge < -0.3 is 9.90 Å². The molecule has 4 heteroatoms. The molecular formula is C6H8NO3-. The molecule has 0 unspecified atom stereocenters. The molecular weight excluding hydrogens is 134 g/mol. The van der Waals surface area contributed by atoms with Crippen LogP contribution in [0.2, 0.25) is 0 Å². The third-order valence-corrected chi connectivity index (χ3v) is 0.925. The van der Waals surface area contributed by atoms with Gasteiger partial charge in [-0.25, -0.2) is 4.79 Å². The number of nitrogens with zero attached hydrogens (tertiary/aromatic N) is 1. The number of carboxylic acids is 1. The molecule has 0 atom stereocenters. The predicted molar refractivity (Wildman–Crippen MR) is 31.8 cm³/mol. The van der Waals surface area contributed by atoms with E-state index in [1.54, 1.807) is 0 Å². The molecule has 0 aromatic rings. The van der Waals surface area contributed by atoms with E-state index >= 15 is 0 Å². The highest BCUT2D eigenvalue weighted by molar-refractivity contribution is 5.66. The van der Waals surface area contributed by atoms with Gasteiger partial charge >= 0.3 is 0 Å². The summed E-state index contributed by atoms with van der Waals surface area (Å²) < 4.78 is 0. The Kier molecular flexibility index (Phi) is 2.77. The molecule has 0 saturated heterocycles. The Balaban J connectivity index is 4.12. The molecule has 0 heterocycles. The second-order valence-corrected chi connectivity index (χ2v) is 2.56. The zero-order valence-corrected chi connectivity index (χ0v) is 5.88. The van der Waals surface area contributed by atoms with Crippen LogP contribution in [-0.4, -0.2) is 17.6 Å². The van der Waals surface area contributed by atoms with Crippen LogP contribution in [0.1, 0.15) is 20.3 Å². The monoisotopic (exact) mass is 142 g/mol. The zero-order chi connectivity index (χ0) is 8.20. The summed E-state index contributed by atoms with van der Waals surface area (Å²) in [6, 6.07) is 0. The smallest absolute Gasteiger partial charge is 0.235 e. The van der Waals surface area contributed by atoms with Crippen LogP contribution in [0, 0.1) is 0 Å². The molecule has 0 radical (unpaired) electrons. The number of hydrogen-bond donors (Lipinski definition) is 0. The van der Waals surface area contributed by atoms with Crippen LogP contribution >= 0.6 is 0 Å². The number of aliphatic imine (C=N–C) groups is 1. The van der Waals surface area contributed by atoms with Crippen molar-refractivity contribution in [2.75, 3.05) is 0 Å². The molecule has 10 heavy (non-hydrogen) atoms. The first-order valence-electron chi connectivity index (χ1n) is 2.77. The van der Waals surface area contributed by atoms with E-state index in [2.05, 4.69) is 4.99 Å². The highest BCUT2D eigenvalue weighted by Crippen LogP contribution is 2.11. The van der Waals surface area contributed by atoms with Gasteiger partial charge in [0.2, 0.25) is 6.08 Å². The van der Waals surface area contributed by atoms with Gasteiger partial charge in [0.15, 0.2) is 0 Å². The van der Waals surface area contributed by atoms with E-state index in [0.717, 1.165) is 0 Å². The van der Waals surface area contributed by atoms with E-state index in [0.29, 0.717) is 0 Å². The van der Waals surface area contributed by atoms with Crippen LogP contribution in [0.3, 0.4) is 0 Å². The van der Waals surface area contributed by atoms with Crippen LogP contribution in [0.4, 0.5) is 0 Å². The number of carbonyl (C=O) groups is 1. The van der Waals surface area contributed by atoms with Gasteiger partial charge in [0.1, 0.15) is 0 Å². The van der Waals surface area contributed by atoms with E-state index in [-0.39, 0.29) is 6.42 Å². The van der Waals surface area contributed by atoms with E-state index in [4.69, 9.17) is 0 Å². The minimum atomic E-state index is -1.22. The number of aliphatic carboxylic acids is 1. The normalized spacial score (nSPS) is 10.2. The van der Waals surface area contributed by atoms with Gasteiger partial charge in [-0.3, -0.25) is 0 Å². The average Bonchev–Trinajstić information content (AvgIpc) is 1.59. The third kappa shape index (κ3) is 3.80. The van der Waals surface area contributed by atoms with Gasteiger partial charge in [-0.15, -0.1) is 0 Å². The molecule has 0 fully saturated rings. The summed E-state index contributed by atoms with van der Waals surface area (Å²) in [6.07, 6.45) is 1.04. The minimum absolute atomic E-state index is 0.262. The summed E-state index contributed by atoms with van der Waals surface area (Å²) in [7, 11) is 0. The fraction of sp³-hybridized carbons (Fsp3) is 0.667. The summed E-state index contributed by atoms with van der Waals surface area (Å²) in [5, 5.41) is 9.99. The Morgan fingerprint density at radius 3 is 2.50 bits per heavy atom. The molecule has 4 nitrogen and oxygen atoms in total. The van der Waals surface area contributed by atoms with Crippen LogP contribution in [0.25, 0.3) is 0 Å². The van der Waals surface area contributed by atoms with Gasteiger partial charge in [-0.05, 0) is 13.8 Å². The Morgan fingerprint density at radius 2 is 2.20 bits per heavy atom. The van der Waals surface area contributed by atoms with E-state index in [1.165, 1.54) is 19.9 Å². The molecule has 56 valence electrons. The van der Waals surface area contributed by atoms with Crippen LogP contribution in [0.15, 0.2) is 4.99 Å². The largest absolute Gasteiger partial charge is 0.550 e. The van der Waals surface area contributed by atoms with Crippen LogP contribution in [-0.2, 0) is 9.59 Å². The van der Waals surface area contributed by atoms with Crippen molar-refractivity contribution < 1.29 is 14.7 Å². The van der Waals surface area contributed by atoms with Crippen molar-refractivity contribution in [1.82, 2.24) is 0 Å².